The molecule has 50 nitrogen and oxygen atoms in total. The molecule has 0 aromatic heterocycles. The van der Waals surface area contributed by atoms with Crippen LogP contribution in [-0.2, 0) is 164 Å². The molecule has 0 amide bonds. The van der Waals surface area contributed by atoms with E-state index >= 15 is 0 Å². The molecule has 0 aliphatic heterocycles. The monoisotopic (exact) mass is 1850 g/mol. The smallest absolute Gasteiger partial charge is 0.549 e. The van der Waals surface area contributed by atoms with Gasteiger partial charge in [-0.3, -0.25) is 49.0 Å². The molecule has 0 N–H and O–H groups in total. The second-order valence-corrected chi connectivity index (χ2v) is 19.5. The van der Waals surface area contributed by atoms with Crippen LogP contribution < -0.4 is 339 Å². The van der Waals surface area contributed by atoms with Crippen LogP contribution in [0.1, 0.15) is 0 Å². The van der Waals surface area contributed by atoms with Gasteiger partial charge in [0, 0.05) is 196 Å². The van der Waals surface area contributed by atoms with Gasteiger partial charge in [-0.1, -0.05) is 0 Å². The summed E-state index contributed by atoms with van der Waals surface area (Å²) >= 11 is 0. The molecule has 0 unspecified atom stereocenters. The van der Waals surface area contributed by atoms with Gasteiger partial charge in [-0.05, 0) is 0 Å². The van der Waals surface area contributed by atoms with Gasteiger partial charge in [0.2, 0.25) is 0 Å². The fourth-order valence-corrected chi connectivity index (χ4v) is 7.21. The van der Waals surface area contributed by atoms with E-state index in [1.165, 1.54) is 0 Å². The molecular formula is C50H60Fe4N10Na8O40. The number of rotatable bonds is 55. The third-order valence-corrected chi connectivity index (χ3v) is 10.7. The molecule has 0 aromatic rings. The molecule has 0 aliphatic rings. The molecule has 0 saturated heterocycles. The zero-order valence-electron chi connectivity index (χ0n) is 61.4. The van der Waals surface area contributed by atoms with Gasteiger partial charge in [0.1, 0.15) is 0 Å². The number of hydrogen-bond donors (Lipinski definition) is 0. The maximum absolute atomic E-state index is 10.4. The van der Waals surface area contributed by atoms with E-state index in [1.54, 1.807) is 0 Å². The predicted molar refractivity (Wildman–Crippen MR) is 265 cm³/mol. The van der Waals surface area contributed by atoms with E-state index in [-0.39, 0.29) is 370 Å². The van der Waals surface area contributed by atoms with Crippen LogP contribution in [0.2, 0.25) is 0 Å². The van der Waals surface area contributed by atoms with Crippen molar-refractivity contribution in [2.45, 2.75) is 0 Å². The first kappa shape index (κ1) is 152. The molecule has 0 aliphatic carbocycles. The number of carbonyl (C=O) groups excluding carboxylic acids is 20. The topological polar surface area (TPSA) is 835 Å². The Hall–Kier alpha value is -0.922. The zero-order chi connectivity index (χ0) is 78.5. The van der Waals surface area contributed by atoms with Gasteiger partial charge >= 0.3 is 305 Å². The number of hydrogen-bond acceptors (Lipinski definition) is 50. The average Bonchev–Trinajstić information content (AvgIpc) is 0.957. The molecule has 62 heteroatoms. The minimum atomic E-state index is -1.53. The van der Waals surface area contributed by atoms with Crippen LogP contribution in [0.15, 0.2) is 0 Å². The molecule has 0 heterocycles. The molecule has 0 fully saturated rings. The average molecular weight is 1850 g/mol. The van der Waals surface area contributed by atoms with Crippen LogP contribution in [0.25, 0.3) is 0 Å². The summed E-state index contributed by atoms with van der Waals surface area (Å²) in [6, 6.07) is 0. The third kappa shape index (κ3) is 118. The molecule has 112 heavy (non-hydrogen) atoms. The summed E-state index contributed by atoms with van der Waals surface area (Å²) in [7, 11) is 0. The summed E-state index contributed by atoms with van der Waals surface area (Å²) < 4.78 is 0. The standard InChI is InChI=1S/5C10H16N2O8.4Fe.8Na/c5*13-7(14)3-11(4-8(15)16)1-2-12(5-9(17)18)6-10(19)20;;;;;;;;;;;;/h5*1-6H2,(H,13,14)(H,15,16)(H,17,18)(H,19,20);;;;;;;;;;;;/q;;;;;4*+3;8*+1/p-20. The van der Waals surface area contributed by atoms with Crippen molar-refractivity contribution < 1.29 is 503 Å². The first-order valence-corrected chi connectivity index (χ1v) is 27.2. The van der Waals surface area contributed by atoms with Crippen molar-refractivity contribution in [3.8, 4) is 0 Å². The second kappa shape index (κ2) is 92.4. The van der Waals surface area contributed by atoms with Crippen molar-refractivity contribution >= 4 is 119 Å². The van der Waals surface area contributed by atoms with Crippen molar-refractivity contribution in [1.29, 1.82) is 0 Å². The Kier molecular flexibility index (Phi) is 125. The maximum Gasteiger partial charge on any atom is 3.00 e. The minimum absolute atomic E-state index is 0. The van der Waals surface area contributed by atoms with Crippen LogP contribution in [0.3, 0.4) is 0 Å². The van der Waals surface area contributed by atoms with E-state index in [0.717, 1.165) is 49.0 Å². The summed E-state index contributed by atoms with van der Waals surface area (Å²) in [5.41, 5.74) is 0. The van der Waals surface area contributed by atoms with E-state index in [0.29, 0.717) is 0 Å². The van der Waals surface area contributed by atoms with Crippen molar-refractivity contribution in [3.63, 3.8) is 0 Å². The van der Waals surface area contributed by atoms with Crippen molar-refractivity contribution in [3.05, 3.63) is 0 Å². The van der Waals surface area contributed by atoms with Crippen LogP contribution in [0.5, 0.6) is 0 Å². The van der Waals surface area contributed by atoms with Crippen molar-refractivity contribution in [1.82, 2.24) is 49.0 Å². The zero-order valence-corrected chi connectivity index (χ0v) is 81.8. The molecule has 0 spiro atoms. The van der Waals surface area contributed by atoms with Gasteiger partial charge in [-0.25, -0.2) is 0 Å². The maximum atomic E-state index is 10.4. The van der Waals surface area contributed by atoms with E-state index < -0.39 is 250 Å². The summed E-state index contributed by atoms with van der Waals surface area (Å²) in [5.74, 6) is -30.6. The van der Waals surface area contributed by atoms with Crippen LogP contribution in [-0.4, -0.2) is 365 Å². The number of carboxylic acids is 20. The second-order valence-electron chi connectivity index (χ2n) is 19.5. The van der Waals surface area contributed by atoms with Gasteiger partial charge in [0.25, 0.3) is 0 Å². The third-order valence-electron chi connectivity index (χ3n) is 10.7. The summed E-state index contributed by atoms with van der Waals surface area (Å²) in [5, 5.41) is 208. The van der Waals surface area contributed by atoms with Gasteiger partial charge in [0.15, 0.2) is 0 Å². The van der Waals surface area contributed by atoms with E-state index in [4.69, 9.17) is 0 Å². The SMILES string of the molecule is O=C([O-])CN(CCN(CC(=O)[O-])CC(=O)[O-])CC(=O)[O-].O=C([O-])CN(CCN(CC(=O)[O-])CC(=O)[O-])CC(=O)[O-].O=C([O-])CN(CCN(CC(=O)[O-])CC(=O)[O-])CC(=O)[O-].O=C([O-])CN(CCN(CC(=O)[O-])CC(=O)[O-])CC(=O)[O-].O=C([O-])CN(CCN(CC(=O)[O-])CC(=O)[O-])CC(=O)[O-].[Fe+3].[Fe+3].[Fe+3].[Fe+3].[Na+].[Na+].[Na+].[Na+].[Na+].[Na+].[Na+].[Na+]. The molecule has 0 saturated carbocycles. The first-order valence-electron chi connectivity index (χ1n) is 27.2. The minimum Gasteiger partial charge on any atom is -0.549 e. The molecule has 0 aromatic carbocycles. The van der Waals surface area contributed by atoms with E-state index in [1.807, 2.05) is 0 Å². The van der Waals surface area contributed by atoms with Gasteiger partial charge < -0.3 is 198 Å². The van der Waals surface area contributed by atoms with Crippen LogP contribution in [0, 0.1) is 0 Å². The van der Waals surface area contributed by atoms with Crippen molar-refractivity contribution in [2.75, 3.05) is 196 Å². The Balaban J connectivity index is -0.0000000654. The Morgan fingerprint density at radius 3 is 0.179 bits per heavy atom. The largest absolute Gasteiger partial charge is 3.00 e. The fourth-order valence-electron chi connectivity index (χ4n) is 7.21. The first-order chi connectivity index (χ1) is 46.0. The van der Waals surface area contributed by atoms with Crippen LogP contribution in [0.4, 0.5) is 0 Å². The number of carboxylic acid groups (broad SMARTS) is 20. The molecule has 590 valence electrons. The van der Waals surface area contributed by atoms with Gasteiger partial charge in [-0.15, -0.1) is 0 Å². The number of carbonyl (C=O) groups is 20. The Morgan fingerprint density at radius 1 is 0.116 bits per heavy atom. The summed E-state index contributed by atoms with van der Waals surface area (Å²) in [6.07, 6.45) is 0. The fraction of sp³-hybridized carbons (Fsp3) is 0.600. The number of nitrogens with zero attached hydrogens (tertiary/aromatic N) is 10. The Morgan fingerprint density at radius 2 is 0.152 bits per heavy atom. The van der Waals surface area contributed by atoms with Gasteiger partial charge in [0.05, 0.1) is 119 Å². The molecule has 0 rings (SSSR count). The predicted octanol–water partition coefficient (Wildman–Crippen LogP) is -61.0. The normalized spacial score (nSPS) is 9.55. The molecule has 4 radical (unpaired) electrons. The summed E-state index contributed by atoms with van der Waals surface area (Å²) in [4.78, 5) is 217. The van der Waals surface area contributed by atoms with Gasteiger partial charge in [-0.2, -0.15) is 0 Å². The summed E-state index contributed by atoms with van der Waals surface area (Å²) in [6.45, 7) is -16.3. The van der Waals surface area contributed by atoms with Crippen LogP contribution >= 0.6 is 0 Å². The Labute approximate surface area is 855 Å². The van der Waals surface area contributed by atoms with Crippen molar-refractivity contribution in [2.24, 2.45) is 0 Å². The molecule has 0 atom stereocenters. The molecular weight excluding hydrogens is 1790 g/mol. The quantitative estimate of drug-likeness (QED) is 0.0510. The Bertz CT molecular complexity index is 2060. The number of aliphatic carboxylic acids is 20. The van der Waals surface area contributed by atoms with E-state index in [9.17, 15) is 198 Å². The molecule has 0 bridgehead atoms. The van der Waals surface area contributed by atoms with E-state index in [2.05, 4.69) is 0 Å².